The van der Waals surface area contributed by atoms with Crippen LogP contribution in [0.2, 0.25) is 0 Å². The van der Waals surface area contributed by atoms with Gasteiger partial charge in [-0.25, -0.2) is 4.52 Å². The molecule has 3 aromatic heterocycles. The lowest BCUT2D eigenvalue weighted by atomic mass is 10.00. The highest BCUT2D eigenvalue weighted by atomic mass is 15.2. The molecule has 0 atom stereocenters. The largest absolute Gasteiger partial charge is 0.380 e. The normalized spacial score (nSPS) is 11.7. The molecule has 1 N–H and O–H groups in total. The van der Waals surface area contributed by atoms with E-state index in [2.05, 4.69) is 62.2 Å². The minimum atomic E-state index is -0.0383. The second-order valence-electron chi connectivity index (χ2n) is 7.60. The highest BCUT2D eigenvalue weighted by Gasteiger charge is 2.17. The Bertz CT molecular complexity index is 954. The second kappa shape index (κ2) is 6.21. The smallest absolute Gasteiger partial charge is 0.101 e. The number of nitriles is 1. The molecule has 0 aliphatic rings. The number of hydrogen-bond donors (Lipinski definition) is 1. The molecule has 0 spiro atoms. The molecule has 3 heterocycles. The first-order valence-corrected chi connectivity index (χ1v) is 8.45. The van der Waals surface area contributed by atoms with Crippen LogP contribution in [0.1, 0.15) is 51.7 Å². The second-order valence-corrected chi connectivity index (χ2v) is 7.60. The monoisotopic (exact) mass is 333 g/mol. The third kappa shape index (κ3) is 3.48. The van der Waals surface area contributed by atoms with Crippen LogP contribution in [-0.2, 0) is 0 Å². The average molecular weight is 333 g/mol. The van der Waals surface area contributed by atoms with Gasteiger partial charge in [0.2, 0.25) is 0 Å². The van der Waals surface area contributed by atoms with E-state index in [-0.39, 0.29) is 5.54 Å². The predicted molar refractivity (Wildman–Crippen MR) is 101 cm³/mol. The molecule has 0 aromatic carbocycles. The molecule has 3 rings (SSSR count). The van der Waals surface area contributed by atoms with Crippen LogP contribution in [0.4, 0.5) is 5.69 Å². The summed E-state index contributed by atoms with van der Waals surface area (Å²) >= 11 is 0. The molecule has 3 aromatic rings. The number of pyridine rings is 1. The number of anilines is 1. The highest BCUT2D eigenvalue weighted by molar-refractivity contribution is 5.69. The van der Waals surface area contributed by atoms with E-state index in [9.17, 15) is 0 Å². The van der Waals surface area contributed by atoms with Crippen molar-refractivity contribution in [2.75, 3.05) is 5.32 Å². The third-order valence-electron chi connectivity index (χ3n) is 3.96. The van der Waals surface area contributed by atoms with Gasteiger partial charge in [-0.15, -0.1) is 0 Å². The van der Waals surface area contributed by atoms with E-state index in [0.29, 0.717) is 11.5 Å². The van der Waals surface area contributed by atoms with E-state index in [1.54, 1.807) is 6.20 Å². The highest BCUT2D eigenvalue weighted by Crippen LogP contribution is 2.30. The maximum absolute atomic E-state index is 9.03. The fourth-order valence-corrected chi connectivity index (χ4v) is 2.83. The summed E-state index contributed by atoms with van der Waals surface area (Å²) in [5, 5.41) is 17.0. The van der Waals surface area contributed by atoms with Crippen LogP contribution in [-0.4, -0.2) is 20.1 Å². The van der Waals surface area contributed by atoms with Gasteiger partial charge in [-0.05, 0) is 56.5 Å². The number of nitrogens with one attached hydrogen (secondary N) is 1. The minimum absolute atomic E-state index is 0.0383. The van der Waals surface area contributed by atoms with Gasteiger partial charge in [0.15, 0.2) is 0 Å². The van der Waals surface area contributed by atoms with Gasteiger partial charge in [-0.2, -0.15) is 10.4 Å². The summed E-state index contributed by atoms with van der Waals surface area (Å²) in [5.74, 6) is 0.381. The van der Waals surface area contributed by atoms with Crippen molar-refractivity contribution in [1.82, 2.24) is 14.6 Å². The Labute approximate surface area is 148 Å². The quantitative estimate of drug-likeness (QED) is 0.760. The molecule has 25 heavy (non-hydrogen) atoms. The summed E-state index contributed by atoms with van der Waals surface area (Å²) in [6, 6.07) is 9.98. The molecule has 0 saturated carbocycles. The van der Waals surface area contributed by atoms with Crippen molar-refractivity contribution in [3.8, 4) is 17.5 Å². The number of hydrogen-bond acceptors (Lipinski definition) is 4. The first-order valence-electron chi connectivity index (χ1n) is 8.45. The van der Waals surface area contributed by atoms with Crippen LogP contribution in [0.25, 0.3) is 16.9 Å². The Balaban J connectivity index is 2.12. The molecule has 5 heteroatoms. The zero-order chi connectivity index (χ0) is 18.2. The van der Waals surface area contributed by atoms with E-state index < -0.39 is 0 Å². The van der Waals surface area contributed by atoms with E-state index in [1.807, 2.05) is 28.9 Å². The molecule has 0 fully saturated rings. The lowest BCUT2D eigenvalue weighted by molar-refractivity contribution is 0.631. The first kappa shape index (κ1) is 17.0. The van der Waals surface area contributed by atoms with Crippen LogP contribution >= 0.6 is 0 Å². The topological polar surface area (TPSA) is 66.0 Å². The summed E-state index contributed by atoms with van der Waals surface area (Å²) in [5.41, 5.74) is 5.45. The van der Waals surface area contributed by atoms with Gasteiger partial charge in [0, 0.05) is 17.4 Å². The van der Waals surface area contributed by atoms with Gasteiger partial charge < -0.3 is 5.32 Å². The van der Waals surface area contributed by atoms with Crippen molar-refractivity contribution in [3.63, 3.8) is 0 Å². The summed E-state index contributed by atoms with van der Waals surface area (Å²) in [6.07, 6.45) is 3.52. The van der Waals surface area contributed by atoms with Crippen molar-refractivity contribution < 1.29 is 0 Å². The Morgan fingerprint density at radius 1 is 1.16 bits per heavy atom. The zero-order valence-electron chi connectivity index (χ0n) is 15.3. The number of fused-ring (bicyclic) bond motifs is 1. The number of rotatable bonds is 3. The van der Waals surface area contributed by atoms with Crippen molar-refractivity contribution in [2.24, 2.45) is 0 Å². The molecule has 0 bridgehead atoms. The zero-order valence-corrected chi connectivity index (χ0v) is 15.3. The maximum Gasteiger partial charge on any atom is 0.101 e. The predicted octanol–water partition coefficient (Wildman–Crippen LogP) is 4.60. The summed E-state index contributed by atoms with van der Waals surface area (Å²) in [7, 11) is 0. The van der Waals surface area contributed by atoms with Gasteiger partial charge >= 0.3 is 0 Å². The van der Waals surface area contributed by atoms with Crippen LogP contribution in [0.5, 0.6) is 0 Å². The van der Waals surface area contributed by atoms with Crippen LogP contribution in [0.3, 0.4) is 0 Å². The van der Waals surface area contributed by atoms with E-state index in [0.717, 1.165) is 22.6 Å². The standard InChI is InChI=1S/C20H23N5/c1-13(2)16-12-22-18(9-17(16)24-20(3,4)5)19-7-6-15-8-14(10-21)11-23-25(15)19/h6-9,11-13H,1-5H3,(H,22,24). The molecule has 0 amide bonds. The fraction of sp³-hybridized carbons (Fsp3) is 0.350. The molecular weight excluding hydrogens is 310 g/mol. The van der Waals surface area contributed by atoms with Crippen molar-refractivity contribution in [1.29, 1.82) is 5.26 Å². The van der Waals surface area contributed by atoms with Crippen molar-refractivity contribution in [2.45, 2.75) is 46.1 Å². The lowest BCUT2D eigenvalue weighted by Gasteiger charge is -2.25. The molecule has 0 unspecified atom stereocenters. The Hall–Kier alpha value is -2.87. The Morgan fingerprint density at radius 2 is 1.92 bits per heavy atom. The lowest BCUT2D eigenvalue weighted by Crippen LogP contribution is -2.27. The van der Waals surface area contributed by atoms with Crippen LogP contribution in [0, 0.1) is 11.3 Å². The van der Waals surface area contributed by atoms with Gasteiger partial charge in [0.05, 0.1) is 28.7 Å². The molecule has 0 radical (unpaired) electrons. The fourth-order valence-electron chi connectivity index (χ4n) is 2.83. The van der Waals surface area contributed by atoms with Crippen molar-refractivity contribution >= 4 is 11.2 Å². The van der Waals surface area contributed by atoms with E-state index in [1.165, 1.54) is 5.56 Å². The Kier molecular flexibility index (Phi) is 4.22. The maximum atomic E-state index is 9.03. The van der Waals surface area contributed by atoms with Crippen LogP contribution in [0.15, 0.2) is 36.7 Å². The molecular formula is C20H23N5. The molecule has 0 saturated heterocycles. The van der Waals surface area contributed by atoms with Crippen molar-refractivity contribution in [3.05, 3.63) is 47.8 Å². The van der Waals surface area contributed by atoms with E-state index >= 15 is 0 Å². The number of nitrogens with zero attached hydrogens (tertiary/aromatic N) is 4. The summed E-state index contributed by atoms with van der Waals surface area (Å²) < 4.78 is 1.82. The molecule has 0 aliphatic heterocycles. The third-order valence-corrected chi connectivity index (χ3v) is 3.96. The van der Waals surface area contributed by atoms with Gasteiger partial charge in [-0.3, -0.25) is 4.98 Å². The van der Waals surface area contributed by atoms with E-state index in [4.69, 9.17) is 5.26 Å². The van der Waals surface area contributed by atoms with Gasteiger partial charge in [-0.1, -0.05) is 13.8 Å². The Morgan fingerprint density at radius 3 is 2.56 bits per heavy atom. The molecule has 128 valence electrons. The summed E-state index contributed by atoms with van der Waals surface area (Å²) in [4.78, 5) is 4.66. The van der Waals surface area contributed by atoms with Gasteiger partial charge in [0.25, 0.3) is 0 Å². The number of aromatic nitrogens is 3. The first-order chi connectivity index (χ1) is 11.8. The molecule has 0 aliphatic carbocycles. The SMILES string of the molecule is CC(C)c1cnc(-c2ccc3cc(C#N)cnn23)cc1NC(C)(C)C. The minimum Gasteiger partial charge on any atom is -0.380 e. The molecule has 5 nitrogen and oxygen atoms in total. The average Bonchev–Trinajstić information content (AvgIpc) is 2.95. The van der Waals surface area contributed by atoms with Crippen LogP contribution < -0.4 is 5.32 Å². The summed E-state index contributed by atoms with van der Waals surface area (Å²) in [6.45, 7) is 10.8. The van der Waals surface area contributed by atoms with Gasteiger partial charge in [0.1, 0.15) is 6.07 Å².